The molecule has 0 spiro atoms. The zero-order chi connectivity index (χ0) is 14.8. The Morgan fingerprint density at radius 3 is 2.81 bits per heavy atom. The molecule has 0 unspecified atom stereocenters. The molecule has 0 aliphatic heterocycles. The van der Waals surface area contributed by atoms with Crippen molar-refractivity contribution in [2.75, 3.05) is 13.7 Å². The van der Waals surface area contributed by atoms with Crippen molar-refractivity contribution in [1.82, 2.24) is 9.97 Å². The van der Waals surface area contributed by atoms with Crippen LogP contribution in [0.4, 0.5) is 0 Å². The first-order valence-electron chi connectivity index (χ1n) is 6.44. The highest BCUT2D eigenvalue weighted by Gasteiger charge is 2.12. The normalized spacial score (nSPS) is 11.1. The number of thiophene rings is 1. The van der Waals surface area contributed by atoms with Crippen LogP contribution >= 0.6 is 22.9 Å². The van der Waals surface area contributed by atoms with E-state index in [1.807, 2.05) is 29.6 Å². The summed E-state index contributed by atoms with van der Waals surface area (Å²) in [6.07, 6.45) is 0.593. The number of methoxy groups -OCH3 is 1. The van der Waals surface area contributed by atoms with Crippen molar-refractivity contribution >= 4 is 33.2 Å². The van der Waals surface area contributed by atoms with Crippen LogP contribution in [0.1, 0.15) is 5.82 Å². The number of rotatable bonds is 4. The van der Waals surface area contributed by atoms with Crippen molar-refractivity contribution < 1.29 is 4.74 Å². The summed E-state index contributed by atoms with van der Waals surface area (Å²) in [6.45, 7) is 0.532. The molecule has 0 fully saturated rings. The van der Waals surface area contributed by atoms with Gasteiger partial charge in [-0.3, -0.25) is 4.79 Å². The van der Waals surface area contributed by atoms with Crippen LogP contribution in [0, 0.1) is 0 Å². The Hall–Kier alpha value is -1.69. The number of hydrogen-bond donors (Lipinski definition) is 1. The maximum atomic E-state index is 12.3. The Kier molecular flexibility index (Phi) is 4.05. The van der Waals surface area contributed by atoms with Crippen molar-refractivity contribution in [2.24, 2.45) is 0 Å². The van der Waals surface area contributed by atoms with Gasteiger partial charge < -0.3 is 9.72 Å². The Labute approximate surface area is 130 Å². The molecule has 1 N–H and O–H groups in total. The summed E-state index contributed by atoms with van der Waals surface area (Å²) in [6, 6.07) is 7.44. The maximum Gasteiger partial charge on any atom is 0.260 e. The van der Waals surface area contributed by atoms with Crippen molar-refractivity contribution in [3.8, 4) is 11.1 Å². The minimum atomic E-state index is -0.114. The second kappa shape index (κ2) is 5.97. The van der Waals surface area contributed by atoms with E-state index in [1.54, 1.807) is 7.11 Å². The zero-order valence-corrected chi connectivity index (χ0v) is 12.9. The first-order chi connectivity index (χ1) is 10.2. The molecular formula is C15H13ClN2O2S. The van der Waals surface area contributed by atoms with Gasteiger partial charge in [-0.15, -0.1) is 11.3 Å². The molecule has 0 radical (unpaired) electrons. The van der Waals surface area contributed by atoms with E-state index in [0.717, 1.165) is 16.0 Å². The SMILES string of the molecule is COCCc1nc2scc(-c3ccc(Cl)cc3)c2c(=O)[nH]1. The number of aromatic nitrogens is 2. The topological polar surface area (TPSA) is 55.0 Å². The lowest BCUT2D eigenvalue weighted by Gasteiger charge is -2.02. The summed E-state index contributed by atoms with van der Waals surface area (Å²) < 4.78 is 5.01. The lowest BCUT2D eigenvalue weighted by atomic mass is 10.1. The van der Waals surface area contributed by atoms with E-state index in [0.29, 0.717) is 29.3 Å². The molecule has 2 aromatic heterocycles. The van der Waals surface area contributed by atoms with Gasteiger partial charge >= 0.3 is 0 Å². The van der Waals surface area contributed by atoms with Gasteiger partial charge in [0.15, 0.2) is 0 Å². The lowest BCUT2D eigenvalue weighted by molar-refractivity contribution is 0.200. The Morgan fingerprint density at radius 1 is 1.33 bits per heavy atom. The van der Waals surface area contributed by atoms with E-state index in [9.17, 15) is 4.79 Å². The van der Waals surface area contributed by atoms with Crippen molar-refractivity contribution in [2.45, 2.75) is 6.42 Å². The van der Waals surface area contributed by atoms with E-state index < -0.39 is 0 Å². The first-order valence-corrected chi connectivity index (χ1v) is 7.70. The van der Waals surface area contributed by atoms with E-state index in [4.69, 9.17) is 16.3 Å². The fourth-order valence-corrected chi connectivity index (χ4v) is 3.25. The largest absolute Gasteiger partial charge is 0.384 e. The zero-order valence-electron chi connectivity index (χ0n) is 11.4. The molecular weight excluding hydrogens is 308 g/mol. The van der Waals surface area contributed by atoms with Crippen LogP contribution in [-0.4, -0.2) is 23.7 Å². The van der Waals surface area contributed by atoms with Gasteiger partial charge in [-0.1, -0.05) is 23.7 Å². The summed E-state index contributed by atoms with van der Waals surface area (Å²) in [5, 5.41) is 3.26. The van der Waals surface area contributed by atoms with Gasteiger partial charge in [0, 0.05) is 29.5 Å². The molecule has 0 saturated heterocycles. The summed E-state index contributed by atoms with van der Waals surface area (Å²) in [5.74, 6) is 0.652. The number of nitrogens with one attached hydrogen (secondary N) is 1. The molecule has 6 heteroatoms. The maximum absolute atomic E-state index is 12.3. The van der Waals surface area contributed by atoms with Crippen molar-refractivity contribution in [3.63, 3.8) is 0 Å². The molecule has 0 bridgehead atoms. The Bertz CT molecular complexity index is 824. The Balaban J connectivity index is 2.10. The summed E-state index contributed by atoms with van der Waals surface area (Å²) >= 11 is 7.37. The summed E-state index contributed by atoms with van der Waals surface area (Å²) in [5.41, 5.74) is 1.73. The molecule has 0 atom stereocenters. The third-order valence-corrected chi connectivity index (χ3v) is 4.32. The molecule has 3 rings (SSSR count). The first kappa shape index (κ1) is 14.3. The van der Waals surface area contributed by atoms with Gasteiger partial charge in [0.25, 0.3) is 5.56 Å². The quantitative estimate of drug-likeness (QED) is 0.800. The third-order valence-electron chi connectivity index (χ3n) is 3.19. The smallest absolute Gasteiger partial charge is 0.260 e. The number of hydrogen-bond acceptors (Lipinski definition) is 4. The molecule has 0 amide bonds. The van der Waals surface area contributed by atoms with E-state index in [-0.39, 0.29) is 5.56 Å². The van der Waals surface area contributed by atoms with Gasteiger partial charge in [-0.05, 0) is 17.7 Å². The molecule has 4 nitrogen and oxygen atoms in total. The minimum absolute atomic E-state index is 0.114. The van der Waals surface area contributed by atoms with Crippen LogP contribution in [0.25, 0.3) is 21.3 Å². The second-order valence-electron chi connectivity index (χ2n) is 4.59. The van der Waals surface area contributed by atoms with Crippen molar-refractivity contribution in [1.29, 1.82) is 0 Å². The number of fused-ring (bicyclic) bond motifs is 1. The fourth-order valence-electron chi connectivity index (χ4n) is 2.15. The van der Waals surface area contributed by atoms with Crippen molar-refractivity contribution in [3.05, 3.63) is 50.8 Å². The second-order valence-corrected chi connectivity index (χ2v) is 5.89. The highest BCUT2D eigenvalue weighted by Crippen LogP contribution is 2.31. The molecule has 21 heavy (non-hydrogen) atoms. The number of H-pyrrole nitrogens is 1. The van der Waals surface area contributed by atoms with Gasteiger partial charge in [0.2, 0.25) is 0 Å². The predicted molar refractivity (Wildman–Crippen MR) is 86.3 cm³/mol. The number of ether oxygens (including phenoxy) is 1. The van der Waals surface area contributed by atoms with Crippen LogP contribution in [0.2, 0.25) is 5.02 Å². The molecule has 1 aromatic carbocycles. The van der Waals surface area contributed by atoms with E-state index in [1.165, 1.54) is 11.3 Å². The van der Waals surface area contributed by atoms with E-state index >= 15 is 0 Å². The monoisotopic (exact) mass is 320 g/mol. The van der Waals surface area contributed by atoms with Gasteiger partial charge in [0.1, 0.15) is 10.7 Å². The van der Waals surface area contributed by atoms with Gasteiger partial charge in [-0.25, -0.2) is 4.98 Å². The van der Waals surface area contributed by atoms with Crippen LogP contribution in [-0.2, 0) is 11.2 Å². The Morgan fingerprint density at radius 2 is 2.10 bits per heavy atom. The molecule has 0 aliphatic rings. The lowest BCUT2D eigenvalue weighted by Crippen LogP contribution is -2.12. The van der Waals surface area contributed by atoms with Crippen LogP contribution < -0.4 is 5.56 Å². The molecule has 108 valence electrons. The highest BCUT2D eigenvalue weighted by molar-refractivity contribution is 7.17. The number of halogens is 1. The molecule has 0 saturated carbocycles. The van der Waals surface area contributed by atoms with Gasteiger partial charge in [0.05, 0.1) is 12.0 Å². The summed E-state index contributed by atoms with van der Waals surface area (Å²) in [4.78, 5) is 20.4. The van der Waals surface area contributed by atoms with Crippen LogP contribution in [0.5, 0.6) is 0 Å². The average Bonchev–Trinajstić information content (AvgIpc) is 2.90. The number of nitrogens with zero attached hydrogens (tertiary/aromatic N) is 1. The molecule has 2 heterocycles. The standard InChI is InChI=1S/C15H13ClN2O2S/c1-20-7-6-12-17-14(19)13-11(8-21-15(13)18-12)9-2-4-10(16)5-3-9/h2-5,8H,6-7H2,1H3,(H,17,18,19). The summed E-state index contributed by atoms with van der Waals surface area (Å²) in [7, 11) is 1.63. The highest BCUT2D eigenvalue weighted by atomic mass is 35.5. The van der Waals surface area contributed by atoms with Gasteiger partial charge in [-0.2, -0.15) is 0 Å². The van der Waals surface area contributed by atoms with E-state index in [2.05, 4.69) is 9.97 Å². The fraction of sp³-hybridized carbons (Fsp3) is 0.200. The number of aromatic amines is 1. The molecule has 0 aliphatic carbocycles. The molecule has 3 aromatic rings. The van der Waals surface area contributed by atoms with Crippen LogP contribution in [0.3, 0.4) is 0 Å². The third kappa shape index (κ3) is 2.85. The number of benzene rings is 1. The average molecular weight is 321 g/mol. The van der Waals surface area contributed by atoms with Crippen LogP contribution in [0.15, 0.2) is 34.4 Å². The predicted octanol–water partition coefficient (Wildman–Crippen LogP) is 3.49. The minimum Gasteiger partial charge on any atom is -0.384 e.